The molecule has 0 heterocycles. The maximum Gasteiger partial charge on any atom is 0.135 e. The zero-order valence-electron chi connectivity index (χ0n) is 7.05. The zero-order valence-corrected chi connectivity index (χ0v) is 7.05. The number of hydrogen-bond acceptors (Lipinski definition) is 1. The summed E-state index contributed by atoms with van der Waals surface area (Å²) in [4.78, 5) is 11.0. The lowest BCUT2D eigenvalue weighted by Gasteiger charge is -2.03. The summed E-state index contributed by atoms with van der Waals surface area (Å²) >= 11 is 0. The van der Waals surface area contributed by atoms with Crippen LogP contribution in [-0.4, -0.2) is 5.78 Å². The molecule has 0 aromatic heterocycles. The van der Waals surface area contributed by atoms with Crippen LogP contribution in [0.2, 0.25) is 0 Å². The Hall–Kier alpha value is -0.590. The van der Waals surface area contributed by atoms with Gasteiger partial charge in [-0.05, 0) is 13.3 Å². The summed E-state index contributed by atoms with van der Waals surface area (Å²) in [6.45, 7) is 5.86. The number of rotatable bonds is 4. The van der Waals surface area contributed by atoms with E-state index in [1.54, 1.807) is 0 Å². The van der Waals surface area contributed by atoms with E-state index in [2.05, 4.69) is 0 Å². The fraction of sp³-hybridized carbons (Fsp3) is 0.667. The Morgan fingerprint density at radius 3 is 2.60 bits per heavy atom. The summed E-state index contributed by atoms with van der Waals surface area (Å²) in [5.41, 5.74) is 0. The monoisotopic (exact) mass is 140 g/mol. The number of ketones is 1. The van der Waals surface area contributed by atoms with E-state index in [4.69, 9.17) is 0 Å². The third kappa shape index (κ3) is 3.44. The second kappa shape index (κ2) is 5.21. The molecule has 0 aromatic carbocycles. The van der Waals surface area contributed by atoms with Crippen LogP contribution >= 0.6 is 0 Å². The molecule has 0 aliphatic heterocycles. The summed E-state index contributed by atoms with van der Waals surface area (Å²) in [7, 11) is 0. The predicted molar refractivity (Wildman–Crippen MR) is 43.9 cm³/mol. The molecule has 58 valence electrons. The third-order valence-corrected chi connectivity index (χ3v) is 1.62. The van der Waals surface area contributed by atoms with Gasteiger partial charge in [0.1, 0.15) is 5.78 Å². The first-order chi connectivity index (χ1) is 4.72. The van der Waals surface area contributed by atoms with E-state index >= 15 is 0 Å². The van der Waals surface area contributed by atoms with Crippen molar-refractivity contribution in [2.24, 2.45) is 5.92 Å². The molecule has 0 aliphatic rings. The molecule has 0 aliphatic carbocycles. The number of carbonyl (C=O) groups excluding carboxylic acids is 1. The summed E-state index contributed by atoms with van der Waals surface area (Å²) in [5.74, 6) is 0.569. The molecule has 0 saturated heterocycles. The average Bonchev–Trinajstić information content (AvgIpc) is 1.98. The largest absolute Gasteiger partial charge is 0.299 e. The fourth-order valence-corrected chi connectivity index (χ4v) is 0.820. The van der Waals surface area contributed by atoms with E-state index < -0.39 is 0 Å². The number of carbonyl (C=O) groups is 1. The lowest BCUT2D eigenvalue weighted by atomic mass is 10.0. The maximum absolute atomic E-state index is 11.0. The average molecular weight is 140 g/mol. The molecular formula is C9H16O. The Kier molecular flexibility index (Phi) is 4.91. The van der Waals surface area contributed by atoms with Gasteiger partial charge in [-0.3, -0.25) is 4.79 Å². The van der Waals surface area contributed by atoms with Gasteiger partial charge in [0, 0.05) is 12.3 Å². The van der Waals surface area contributed by atoms with Gasteiger partial charge in [0.25, 0.3) is 0 Å². The minimum absolute atomic E-state index is 0.209. The highest BCUT2D eigenvalue weighted by atomic mass is 16.1. The van der Waals surface area contributed by atoms with Crippen LogP contribution in [0.1, 0.15) is 33.6 Å². The molecule has 0 radical (unpaired) electrons. The van der Waals surface area contributed by atoms with Crippen molar-refractivity contribution < 1.29 is 4.79 Å². The van der Waals surface area contributed by atoms with E-state index in [-0.39, 0.29) is 5.92 Å². The van der Waals surface area contributed by atoms with Gasteiger partial charge in [-0.25, -0.2) is 0 Å². The van der Waals surface area contributed by atoms with Crippen LogP contribution in [0, 0.1) is 5.92 Å². The quantitative estimate of drug-likeness (QED) is 0.548. The van der Waals surface area contributed by atoms with Gasteiger partial charge in [0.05, 0.1) is 0 Å². The molecule has 0 fully saturated rings. The van der Waals surface area contributed by atoms with Crippen molar-refractivity contribution in [2.45, 2.75) is 33.6 Å². The van der Waals surface area contributed by atoms with Gasteiger partial charge in [-0.2, -0.15) is 0 Å². The van der Waals surface area contributed by atoms with Crippen molar-refractivity contribution in [2.75, 3.05) is 0 Å². The van der Waals surface area contributed by atoms with Crippen molar-refractivity contribution in [1.29, 1.82) is 0 Å². The van der Waals surface area contributed by atoms with Crippen LogP contribution in [0.15, 0.2) is 12.2 Å². The smallest absolute Gasteiger partial charge is 0.135 e. The van der Waals surface area contributed by atoms with Gasteiger partial charge in [-0.15, -0.1) is 0 Å². The van der Waals surface area contributed by atoms with Crippen molar-refractivity contribution in [3.8, 4) is 0 Å². The Balaban J connectivity index is 3.61. The molecule has 0 saturated carbocycles. The molecule has 1 nitrogen and oxygen atoms in total. The fourth-order valence-electron chi connectivity index (χ4n) is 0.820. The molecule has 0 N–H and O–H groups in total. The summed E-state index contributed by atoms with van der Waals surface area (Å²) in [6.07, 6.45) is 5.58. The Morgan fingerprint density at radius 1 is 1.60 bits per heavy atom. The van der Waals surface area contributed by atoms with Gasteiger partial charge >= 0.3 is 0 Å². The topological polar surface area (TPSA) is 17.1 Å². The second-order valence-corrected chi connectivity index (χ2v) is 2.53. The summed E-state index contributed by atoms with van der Waals surface area (Å²) in [5, 5.41) is 0. The van der Waals surface area contributed by atoms with Gasteiger partial charge < -0.3 is 0 Å². The van der Waals surface area contributed by atoms with Gasteiger partial charge in [0.2, 0.25) is 0 Å². The van der Waals surface area contributed by atoms with E-state index in [0.29, 0.717) is 12.2 Å². The van der Waals surface area contributed by atoms with Crippen LogP contribution in [-0.2, 0) is 4.79 Å². The van der Waals surface area contributed by atoms with Crippen molar-refractivity contribution in [3.63, 3.8) is 0 Å². The van der Waals surface area contributed by atoms with Gasteiger partial charge in [-0.1, -0.05) is 26.0 Å². The molecule has 0 rings (SSSR count). The summed E-state index contributed by atoms with van der Waals surface area (Å²) < 4.78 is 0. The normalized spacial score (nSPS) is 13.9. The SMILES string of the molecule is C/C=C/CC(C)C(=O)CC. The molecule has 0 aromatic rings. The molecule has 0 amide bonds. The van der Waals surface area contributed by atoms with E-state index in [1.165, 1.54) is 0 Å². The van der Waals surface area contributed by atoms with Crippen molar-refractivity contribution in [3.05, 3.63) is 12.2 Å². The highest BCUT2D eigenvalue weighted by Gasteiger charge is 2.06. The number of allylic oxidation sites excluding steroid dienone is 2. The number of Topliss-reactive ketones (excluding diaryl/α,β-unsaturated/α-hetero) is 1. The zero-order chi connectivity index (χ0) is 7.98. The Morgan fingerprint density at radius 2 is 2.20 bits per heavy atom. The van der Waals surface area contributed by atoms with Crippen LogP contribution in [0.25, 0.3) is 0 Å². The molecule has 10 heavy (non-hydrogen) atoms. The molecule has 1 heteroatoms. The van der Waals surface area contributed by atoms with Gasteiger partial charge in [0.15, 0.2) is 0 Å². The minimum Gasteiger partial charge on any atom is -0.299 e. The standard InChI is InChI=1S/C9H16O/c1-4-6-7-8(3)9(10)5-2/h4,6,8H,5,7H2,1-3H3/b6-4+. The highest BCUT2D eigenvalue weighted by Crippen LogP contribution is 2.05. The predicted octanol–water partition coefficient (Wildman–Crippen LogP) is 2.57. The molecular weight excluding hydrogens is 124 g/mol. The molecule has 0 spiro atoms. The van der Waals surface area contributed by atoms with E-state index in [0.717, 1.165) is 6.42 Å². The minimum atomic E-state index is 0.209. The van der Waals surface area contributed by atoms with Crippen LogP contribution in [0.3, 0.4) is 0 Å². The van der Waals surface area contributed by atoms with Crippen molar-refractivity contribution >= 4 is 5.78 Å². The van der Waals surface area contributed by atoms with E-state index in [9.17, 15) is 4.79 Å². The second-order valence-electron chi connectivity index (χ2n) is 2.53. The maximum atomic E-state index is 11.0. The summed E-state index contributed by atoms with van der Waals surface area (Å²) in [6, 6.07) is 0. The Bertz CT molecular complexity index is 125. The highest BCUT2D eigenvalue weighted by molar-refractivity contribution is 5.80. The van der Waals surface area contributed by atoms with Crippen molar-refractivity contribution in [1.82, 2.24) is 0 Å². The van der Waals surface area contributed by atoms with Crippen LogP contribution < -0.4 is 0 Å². The van der Waals surface area contributed by atoms with Crippen LogP contribution in [0.4, 0.5) is 0 Å². The third-order valence-electron chi connectivity index (χ3n) is 1.62. The first-order valence-electron chi connectivity index (χ1n) is 3.86. The van der Waals surface area contributed by atoms with E-state index in [1.807, 2.05) is 32.9 Å². The first kappa shape index (κ1) is 9.41. The lowest BCUT2D eigenvalue weighted by molar-refractivity contribution is -0.121. The molecule has 1 atom stereocenters. The molecule has 1 unspecified atom stereocenters. The number of hydrogen-bond donors (Lipinski definition) is 0. The van der Waals surface area contributed by atoms with Crippen LogP contribution in [0.5, 0.6) is 0 Å². The first-order valence-corrected chi connectivity index (χ1v) is 3.86. The molecule has 0 bridgehead atoms. The lowest BCUT2D eigenvalue weighted by Crippen LogP contribution is -2.07. The Labute approximate surface area is 63.1 Å².